The molecule has 0 amide bonds. The first-order chi connectivity index (χ1) is 12.3. The summed E-state index contributed by atoms with van der Waals surface area (Å²) >= 11 is 5.72. The number of thiophene rings is 1. The van der Waals surface area contributed by atoms with E-state index in [2.05, 4.69) is 20.9 Å². The normalized spacial score (nSPS) is 11.4. The van der Waals surface area contributed by atoms with Gasteiger partial charge in [0, 0.05) is 16.9 Å². The van der Waals surface area contributed by atoms with Crippen LogP contribution in [-0.2, 0) is 14.6 Å². The van der Waals surface area contributed by atoms with Crippen molar-refractivity contribution in [2.75, 3.05) is 6.26 Å². The third-order valence-corrected chi connectivity index (χ3v) is 7.38. The van der Waals surface area contributed by atoms with E-state index in [-0.39, 0.29) is 15.6 Å². The molecule has 0 unspecified atom stereocenters. The number of thioether (sulfide) groups is 1. The standard InChI is InChI=1S/C11H10BrN3O2S3.C2HF3O2/c1-18-11-9(3-8(19-11)10(13)14)20(16,17)7-2-6(12)4-15-5-7;3-2(4,5)1(6)7/h2-5H,1H3,(H3,13,14);(H,6,7). The number of sulfone groups is 1. The molecule has 0 aromatic carbocycles. The molecule has 0 fully saturated rings. The van der Waals surface area contributed by atoms with Gasteiger partial charge in [-0.25, -0.2) is 13.2 Å². The number of hydrogen-bond donors (Lipinski definition) is 3. The number of nitrogens with zero attached hydrogens (tertiary/aromatic N) is 1. The second-order valence-electron chi connectivity index (χ2n) is 4.53. The van der Waals surface area contributed by atoms with Gasteiger partial charge in [0.05, 0.1) is 18.9 Å². The van der Waals surface area contributed by atoms with Crippen molar-refractivity contribution in [3.8, 4) is 0 Å². The van der Waals surface area contributed by atoms with Gasteiger partial charge in [-0.2, -0.15) is 13.2 Å². The SMILES string of the molecule is CSc1sc(C(=N)N)cc1S(=O)(=O)c1cncc(Br)c1.O=C(O)C(F)(F)F. The molecule has 0 atom stereocenters. The van der Waals surface area contributed by atoms with Gasteiger partial charge < -0.3 is 10.8 Å². The second-order valence-corrected chi connectivity index (χ2v) is 9.49. The Bertz CT molecular complexity index is 961. The number of amidine groups is 1. The van der Waals surface area contributed by atoms with E-state index >= 15 is 0 Å². The number of carboxylic acids is 1. The molecule has 0 aliphatic rings. The molecule has 148 valence electrons. The van der Waals surface area contributed by atoms with E-state index in [9.17, 15) is 21.6 Å². The number of carbonyl (C=O) groups is 1. The lowest BCUT2D eigenvalue weighted by Gasteiger charge is -2.04. The molecular formula is C13H11BrF3N3O4S3. The molecule has 0 spiro atoms. The van der Waals surface area contributed by atoms with Crippen molar-refractivity contribution < 1.29 is 31.5 Å². The Labute approximate surface area is 168 Å². The van der Waals surface area contributed by atoms with E-state index in [1.165, 1.54) is 47.6 Å². The van der Waals surface area contributed by atoms with Crippen LogP contribution in [-0.4, -0.2) is 42.7 Å². The highest BCUT2D eigenvalue weighted by Gasteiger charge is 2.38. The van der Waals surface area contributed by atoms with Gasteiger partial charge in [0.1, 0.15) is 5.84 Å². The number of nitrogens with one attached hydrogen (secondary N) is 1. The lowest BCUT2D eigenvalue weighted by molar-refractivity contribution is -0.192. The minimum atomic E-state index is -5.08. The van der Waals surface area contributed by atoms with Crippen molar-refractivity contribution in [3.63, 3.8) is 0 Å². The van der Waals surface area contributed by atoms with E-state index in [0.717, 1.165) is 0 Å². The van der Waals surface area contributed by atoms with Gasteiger partial charge in [0.15, 0.2) is 0 Å². The Morgan fingerprint density at radius 2 is 1.93 bits per heavy atom. The predicted octanol–water partition coefficient (Wildman–Crippen LogP) is 3.38. The van der Waals surface area contributed by atoms with Gasteiger partial charge in [-0.15, -0.1) is 23.1 Å². The molecule has 27 heavy (non-hydrogen) atoms. The molecule has 2 rings (SSSR count). The summed E-state index contributed by atoms with van der Waals surface area (Å²) in [4.78, 5) is 13.5. The molecule has 0 aliphatic carbocycles. The van der Waals surface area contributed by atoms with E-state index in [1.807, 2.05) is 0 Å². The zero-order valence-corrected chi connectivity index (χ0v) is 17.3. The lowest BCUT2D eigenvalue weighted by Crippen LogP contribution is -2.21. The van der Waals surface area contributed by atoms with Crippen LogP contribution in [0.3, 0.4) is 0 Å². The molecular weight excluding hydrogens is 495 g/mol. The van der Waals surface area contributed by atoms with Crippen LogP contribution in [0.5, 0.6) is 0 Å². The molecule has 0 radical (unpaired) electrons. The Morgan fingerprint density at radius 3 is 2.33 bits per heavy atom. The van der Waals surface area contributed by atoms with Crippen molar-refractivity contribution in [3.05, 3.63) is 33.9 Å². The third kappa shape index (κ3) is 6.19. The van der Waals surface area contributed by atoms with Crippen LogP contribution >= 0.6 is 39.0 Å². The highest BCUT2D eigenvalue weighted by Crippen LogP contribution is 2.36. The van der Waals surface area contributed by atoms with Crippen LogP contribution in [0.25, 0.3) is 0 Å². The first kappa shape index (κ1) is 23.4. The number of rotatable bonds is 4. The highest BCUT2D eigenvalue weighted by molar-refractivity contribution is 9.10. The van der Waals surface area contributed by atoms with Crippen LogP contribution in [0.15, 0.2) is 43.0 Å². The minimum absolute atomic E-state index is 0.107. The largest absolute Gasteiger partial charge is 0.490 e. The molecule has 0 bridgehead atoms. The molecule has 2 aromatic heterocycles. The fourth-order valence-corrected chi connectivity index (χ4v) is 5.85. The number of halogens is 4. The van der Waals surface area contributed by atoms with Crippen molar-refractivity contribution in [1.82, 2.24) is 4.98 Å². The molecule has 2 heterocycles. The van der Waals surface area contributed by atoms with Crippen molar-refractivity contribution in [2.45, 2.75) is 20.2 Å². The molecule has 0 aliphatic heterocycles. The Morgan fingerprint density at radius 1 is 1.37 bits per heavy atom. The van der Waals surface area contributed by atoms with Crippen molar-refractivity contribution in [2.24, 2.45) is 5.73 Å². The second kappa shape index (κ2) is 9.03. The summed E-state index contributed by atoms with van der Waals surface area (Å²) in [6, 6.07) is 2.94. The van der Waals surface area contributed by atoms with E-state index < -0.39 is 22.0 Å². The number of nitrogens with two attached hydrogens (primary N) is 1. The number of carboxylic acid groups (broad SMARTS) is 1. The van der Waals surface area contributed by atoms with Gasteiger partial charge in [-0.3, -0.25) is 10.4 Å². The van der Waals surface area contributed by atoms with E-state index in [1.54, 1.807) is 6.26 Å². The highest BCUT2D eigenvalue weighted by atomic mass is 79.9. The number of nitrogen functional groups attached to an aromatic ring is 1. The van der Waals surface area contributed by atoms with E-state index in [0.29, 0.717) is 13.6 Å². The summed E-state index contributed by atoms with van der Waals surface area (Å²) in [6.45, 7) is 0. The van der Waals surface area contributed by atoms with Gasteiger partial charge in [0.25, 0.3) is 0 Å². The van der Waals surface area contributed by atoms with Gasteiger partial charge in [0.2, 0.25) is 9.84 Å². The molecule has 7 nitrogen and oxygen atoms in total. The topological polar surface area (TPSA) is 134 Å². The summed E-state index contributed by atoms with van der Waals surface area (Å²) in [5.74, 6) is -2.90. The molecule has 4 N–H and O–H groups in total. The van der Waals surface area contributed by atoms with Gasteiger partial charge >= 0.3 is 12.1 Å². The first-order valence-electron chi connectivity index (χ1n) is 6.48. The quantitative estimate of drug-likeness (QED) is 0.329. The first-order valence-corrected chi connectivity index (χ1v) is 10.8. The zero-order chi connectivity index (χ0) is 21.0. The van der Waals surface area contributed by atoms with Crippen LogP contribution in [0.1, 0.15) is 4.88 Å². The molecule has 2 aromatic rings. The average molecular weight is 506 g/mol. The lowest BCUT2D eigenvalue weighted by atomic mass is 10.4. The summed E-state index contributed by atoms with van der Waals surface area (Å²) in [7, 11) is -3.67. The maximum atomic E-state index is 12.6. The van der Waals surface area contributed by atoms with Crippen molar-refractivity contribution >= 4 is 60.7 Å². The van der Waals surface area contributed by atoms with E-state index in [4.69, 9.17) is 21.0 Å². The zero-order valence-electron chi connectivity index (χ0n) is 13.2. The number of aliphatic carboxylic acids is 1. The van der Waals surface area contributed by atoms with Crippen molar-refractivity contribution in [1.29, 1.82) is 5.41 Å². The summed E-state index contributed by atoms with van der Waals surface area (Å²) in [5, 5.41) is 14.6. The summed E-state index contributed by atoms with van der Waals surface area (Å²) in [6.07, 6.45) is -0.480. The number of hydrogen-bond acceptors (Lipinski definition) is 7. The van der Waals surface area contributed by atoms with Crippen LogP contribution in [0, 0.1) is 5.41 Å². The third-order valence-electron chi connectivity index (χ3n) is 2.64. The predicted molar refractivity (Wildman–Crippen MR) is 98.2 cm³/mol. The van der Waals surface area contributed by atoms with Crippen LogP contribution in [0.2, 0.25) is 0 Å². The number of aromatic nitrogens is 1. The fourth-order valence-electron chi connectivity index (χ4n) is 1.49. The molecule has 14 heteroatoms. The smallest absolute Gasteiger partial charge is 0.475 e. The maximum Gasteiger partial charge on any atom is 0.490 e. The van der Waals surface area contributed by atoms with Crippen LogP contribution in [0.4, 0.5) is 13.2 Å². The maximum absolute atomic E-state index is 12.6. The van der Waals surface area contributed by atoms with Gasteiger partial charge in [-0.05, 0) is 34.3 Å². The van der Waals surface area contributed by atoms with Crippen LogP contribution < -0.4 is 5.73 Å². The Kier molecular flexibility index (Phi) is 7.83. The number of alkyl halides is 3. The summed E-state index contributed by atoms with van der Waals surface area (Å²) in [5.41, 5.74) is 5.43. The Balaban J connectivity index is 0.000000445. The number of pyridine rings is 1. The Hall–Kier alpha value is -1.64. The summed E-state index contributed by atoms with van der Waals surface area (Å²) < 4.78 is 58.2. The monoisotopic (exact) mass is 505 g/mol. The average Bonchev–Trinajstić information content (AvgIpc) is 3.00. The minimum Gasteiger partial charge on any atom is -0.475 e. The fraction of sp³-hybridized carbons (Fsp3) is 0.154. The molecule has 0 saturated heterocycles. The van der Waals surface area contributed by atoms with Gasteiger partial charge in [-0.1, -0.05) is 0 Å². The molecule has 0 saturated carbocycles.